The summed E-state index contributed by atoms with van der Waals surface area (Å²) in [5, 5.41) is 10.9. The molecule has 1 aromatic carbocycles. The van der Waals surface area contributed by atoms with Crippen LogP contribution in [-0.2, 0) is 0 Å². The van der Waals surface area contributed by atoms with Crippen molar-refractivity contribution in [3.8, 4) is 0 Å². The summed E-state index contributed by atoms with van der Waals surface area (Å²) in [6.45, 7) is 3.21. The number of hydrogen-bond acceptors (Lipinski definition) is 4. The SMILES string of the molecule is Cc1ccc([N+](=O)[O-])cc1C(=O)N1CC2CCCC(N)C2C1.Cl. The maximum Gasteiger partial charge on any atom is 0.270 e. The number of halogens is 1. The Kier molecular flexibility index (Phi) is 5.26. The quantitative estimate of drug-likeness (QED) is 0.662. The minimum absolute atomic E-state index is 0. The molecule has 1 heterocycles. The molecule has 126 valence electrons. The van der Waals surface area contributed by atoms with Gasteiger partial charge >= 0.3 is 0 Å². The molecule has 3 unspecified atom stereocenters. The minimum Gasteiger partial charge on any atom is -0.338 e. The summed E-state index contributed by atoms with van der Waals surface area (Å²) in [6, 6.07) is 4.63. The number of aryl methyl sites for hydroxylation is 1. The molecular weight excluding hydrogens is 318 g/mol. The van der Waals surface area contributed by atoms with E-state index in [9.17, 15) is 14.9 Å². The molecule has 1 aliphatic carbocycles. The average molecular weight is 340 g/mol. The first-order chi connectivity index (χ1) is 10.5. The molecule has 1 saturated carbocycles. The van der Waals surface area contributed by atoms with Crippen molar-refractivity contribution in [1.29, 1.82) is 0 Å². The molecule has 2 fully saturated rings. The Balaban J connectivity index is 0.00000192. The number of rotatable bonds is 2. The largest absolute Gasteiger partial charge is 0.338 e. The molecule has 1 amide bonds. The number of carbonyl (C=O) groups is 1. The van der Waals surface area contributed by atoms with Gasteiger partial charge in [-0.25, -0.2) is 0 Å². The van der Waals surface area contributed by atoms with Crippen LogP contribution >= 0.6 is 12.4 Å². The van der Waals surface area contributed by atoms with E-state index in [-0.39, 0.29) is 30.0 Å². The van der Waals surface area contributed by atoms with Crippen LogP contribution in [0.1, 0.15) is 35.2 Å². The number of nitrogens with zero attached hydrogens (tertiary/aromatic N) is 2. The lowest BCUT2D eigenvalue weighted by Crippen LogP contribution is -2.38. The zero-order valence-corrected chi connectivity index (χ0v) is 13.9. The lowest BCUT2D eigenvalue weighted by Gasteiger charge is -2.29. The first-order valence-corrected chi connectivity index (χ1v) is 7.77. The van der Waals surface area contributed by atoms with Gasteiger partial charge in [-0.05, 0) is 37.2 Å². The molecule has 1 saturated heterocycles. The van der Waals surface area contributed by atoms with Crippen molar-refractivity contribution in [2.75, 3.05) is 13.1 Å². The normalized spacial score (nSPS) is 26.3. The van der Waals surface area contributed by atoms with Gasteiger partial charge in [-0.2, -0.15) is 0 Å². The molecule has 3 atom stereocenters. The van der Waals surface area contributed by atoms with Crippen molar-refractivity contribution in [3.05, 3.63) is 39.4 Å². The molecule has 1 aromatic rings. The van der Waals surface area contributed by atoms with Crippen LogP contribution in [-0.4, -0.2) is 34.9 Å². The third-order valence-corrected chi connectivity index (χ3v) is 5.10. The second-order valence-electron chi connectivity index (χ2n) is 6.49. The number of amides is 1. The van der Waals surface area contributed by atoms with E-state index < -0.39 is 4.92 Å². The van der Waals surface area contributed by atoms with Gasteiger partial charge in [-0.3, -0.25) is 14.9 Å². The van der Waals surface area contributed by atoms with E-state index in [0.717, 1.165) is 31.4 Å². The number of carbonyl (C=O) groups excluding carboxylic acids is 1. The molecular formula is C16H22ClN3O3. The highest BCUT2D eigenvalue weighted by Crippen LogP contribution is 2.36. The number of fused-ring (bicyclic) bond motifs is 1. The van der Waals surface area contributed by atoms with Crippen molar-refractivity contribution >= 4 is 24.0 Å². The molecule has 0 aromatic heterocycles. The van der Waals surface area contributed by atoms with Gasteiger partial charge in [0, 0.05) is 36.8 Å². The molecule has 3 rings (SSSR count). The molecule has 1 aliphatic heterocycles. The van der Waals surface area contributed by atoms with Gasteiger partial charge in [0.25, 0.3) is 11.6 Å². The van der Waals surface area contributed by atoms with Gasteiger partial charge in [0.05, 0.1) is 4.92 Å². The number of nitro groups is 1. The summed E-state index contributed by atoms with van der Waals surface area (Å²) in [6.07, 6.45) is 3.27. The van der Waals surface area contributed by atoms with Gasteiger partial charge in [0.15, 0.2) is 0 Å². The van der Waals surface area contributed by atoms with Crippen molar-refractivity contribution < 1.29 is 9.72 Å². The van der Waals surface area contributed by atoms with Crippen LogP contribution in [0, 0.1) is 28.9 Å². The first kappa shape index (κ1) is 17.7. The molecule has 0 bridgehead atoms. The van der Waals surface area contributed by atoms with Gasteiger partial charge in [0.2, 0.25) is 0 Å². The van der Waals surface area contributed by atoms with Crippen LogP contribution < -0.4 is 5.73 Å². The van der Waals surface area contributed by atoms with E-state index in [4.69, 9.17) is 5.73 Å². The van der Waals surface area contributed by atoms with Crippen LogP contribution in [0.15, 0.2) is 18.2 Å². The van der Waals surface area contributed by atoms with Crippen LogP contribution in [0.25, 0.3) is 0 Å². The fourth-order valence-corrected chi connectivity index (χ4v) is 3.81. The maximum absolute atomic E-state index is 12.8. The number of non-ortho nitro benzene ring substituents is 1. The summed E-state index contributed by atoms with van der Waals surface area (Å²) in [7, 11) is 0. The molecule has 23 heavy (non-hydrogen) atoms. The Hall–Kier alpha value is -1.66. The number of hydrogen-bond donors (Lipinski definition) is 1. The molecule has 2 N–H and O–H groups in total. The number of likely N-dealkylation sites (tertiary alicyclic amines) is 1. The zero-order valence-electron chi connectivity index (χ0n) is 13.1. The standard InChI is InChI=1S/C16H21N3O3.ClH/c1-10-5-6-12(19(21)22)7-13(10)16(20)18-8-11-3-2-4-15(17)14(11)9-18;/h5-7,11,14-15H,2-4,8-9,17H2,1H3;1H. The topological polar surface area (TPSA) is 89.5 Å². The monoisotopic (exact) mass is 339 g/mol. The summed E-state index contributed by atoms with van der Waals surface area (Å²) >= 11 is 0. The van der Waals surface area contributed by atoms with E-state index in [0.29, 0.717) is 23.9 Å². The van der Waals surface area contributed by atoms with E-state index >= 15 is 0 Å². The van der Waals surface area contributed by atoms with Crippen LogP contribution in [0.4, 0.5) is 5.69 Å². The van der Waals surface area contributed by atoms with E-state index in [1.807, 2.05) is 11.8 Å². The van der Waals surface area contributed by atoms with Gasteiger partial charge < -0.3 is 10.6 Å². The molecule has 0 radical (unpaired) electrons. The zero-order chi connectivity index (χ0) is 15.9. The van der Waals surface area contributed by atoms with Crippen molar-refractivity contribution in [2.24, 2.45) is 17.6 Å². The Labute approximate surface area is 141 Å². The lowest BCUT2D eigenvalue weighted by atomic mass is 9.78. The highest BCUT2D eigenvalue weighted by Gasteiger charge is 2.40. The Morgan fingerprint density at radius 3 is 2.74 bits per heavy atom. The molecule has 7 heteroatoms. The molecule has 0 spiro atoms. The van der Waals surface area contributed by atoms with Gasteiger partial charge in [-0.1, -0.05) is 12.5 Å². The summed E-state index contributed by atoms with van der Waals surface area (Å²) < 4.78 is 0. The Morgan fingerprint density at radius 1 is 1.35 bits per heavy atom. The molecule has 6 nitrogen and oxygen atoms in total. The van der Waals surface area contributed by atoms with Crippen molar-refractivity contribution in [2.45, 2.75) is 32.2 Å². The van der Waals surface area contributed by atoms with Gasteiger partial charge in [0.1, 0.15) is 0 Å². The van der Waals surface area contributed by atoms with Crippen LogP contribution in [0.3, 0.4) is 0 Å². The summed E-state index contributed by atoms with van der Waals surface area (Å²) in [4.78, 5) is 25.0. The Bertz CT molecular complexity index is 623. The smallest absolute Gasteiger partial charge is 0.270 e. The van der Waals surface area contributed by atoms with Crippen LogP contribution in [0.2, 0.25) is 0 Å². The lowest BCUT2D eigenvalue weighted by molar-refractivity contribution is -0.384. The maximum atomic E-state index is 12.8. The van der Waals surface area contributed by atoms with Crippen molar-refractivity contribution in [1.82, 2.24) is 4.90 Å². The summed E-state index contributed by atoms with van der Waals surface area (Å²) in [5.74, 6) is 0.742. The first-order valence-electron chi connectivity index (χ1n) is 7.77. The van der Waals surface area contributed by atoms with E-state index in [1.54, 1.807) is 6.07 Å². The molecule has 2 aliphatic rings. The Morgan fingerprint density at radius 2 is 2.09 bits per heavy atom. The number of nitrogens with two attached hydrogens (primary N) is 1. The fraction of sp³-hybridized carbons (Fsp3) is 0.562. The van der Waals surface area contributed by atoms with Crippen molar-refractivity contribution in [3.63, 3.8) is 0 Å². The highest BCUT2D eigenvalue weighted by atomic mass is 35.5. The van der Waals surface area contributed by atoms with E-state index in [2.05, 4.69) is 0 Å². The number of benzene rings is 1. The third-order valence-electron chi connectivity index (χ3n) is 5.10. The predicted molar refractivity (Wildman–Crippen MR) is 89.8 cm³/mol. The average Bonchev–Trinajstić information content (AvgIpc) is 2.92. The summed E-state index contributed by atoms with van der Waals surface area (Å²) in [5.41, 5.74) is 7.35. The second-order valence-corrected chi connectivity index (χ2v) is 6.49. The van der Waals surface area contributed by atoms with E-state index in [1.165, 1.54) is 12.1 Å². The van der Waals surface area contributed by atoms with Crippen LogP contribution in [0.5, 0.6) is 0 Å². The highest BCUT2D eigenvalue weighted by molar-refractivity contribution is 5.96. The fourth-order valence-electron chi connectivity index (χ4n) is 3.81. The number of nitro benzene ring substituents is 1. The third kappa shape index (κ3) is 3.33. The predicted octanol–water partition coefficient (Wildman–Crippen LogP) is 2.52. The minimum atomic E-state index is -0.462. The van der Waals surface area contributed by atoms with Gasteiger partial charge in [-0.15, -0.1) is 12.4 Å². The second kappa shape index (κ2) is 6.84.